The highest BCUT2D eigenvalue weighted by Crippen LogP contribution is 2.25. The SMILES string of the molecule is O=C(Cc1cccs1)Nc1cccnc1SCCN1CCCCC1. The summed E-state index contributed by atoms with van der Waals surface area (Å²) in [5.41, 5.74) is 0.822. The van der Waals surface area contributed by atoms with E-state index in [0.717, 1.165) is 27.9 Å². The summed E-state index contributed by atoms with van der Waals surface area (Å²) in [6, 6.07) is 7.76. The molecule has 2 aromatic heterocycles. The van der Waals surface area contributed by atoms with Gasteiger partial charge in [0, 0.05) is 23.4 Å². The van der Waals surface area contributed by atoms with Crippen LogP contribution in [0.5, 0.6) is 0 Å². The highest BCUT2D eigenvalue weighted by atomic mass is 32.2. The van der Waals surface area contributed by atoms with Crippen molar-refractivity contribution >= 4 is 34.7 Å². The van der Waals surface area contributed by atoms with Crippen LogP contribution in [0.4, 0.5) is 5.69 Å². The van der Waals surface area contributed by atoms with Gasteiger partial charge in [0.2, 0.25) is 5.91 Å². The van der Waals surface area contributed by atoms with Crippen LogP contribution in [-0.4, -0.2) is 41.2 Å². The van der Waals surface area contributed by atoms with Crippen LogP contribution in [0.2, 0.25) is 0 Å². The number of likely N-dealkylation sites (tertiary alicyclic amines) is 1. The van der Waals surface area contributed by atoms with Crippen molar-refractivity contribution in [3.63, 3.8) is 0 Å². The van der Waals surface area contributed by atoms with Gasteiger partial charge in [-0.15, -0.1) is 23.1 Å². The Hall–Kier alpha value is -1.37. The molecule has 0 unspecified atom stereocenters. The van der Waals surface area contributed by atoms with E-state index in [-0.39, 0.29) is 5.91 Å². The molecular formula is C18H23N3OS2. The minimum atomic E-state index is 0.0170. The van der Waals surface area contributed by atoms with Gasteiger partial charge in [-0.3, -0.25) is 4.79 Å². The van der Waals surface area contributed by atoms with E-state index in [1.807, 2.05) is 29.6 Å². The number of hydrogen-bond acceptors (Lipinski definition) is 5. The Kier molecular flexibility index (Phi) is 6.69. The van der Waals surface area contributed by atoms with Gasteiger partial charge in [0.15, 0.2) is 0 Å². The molecule has 2 aromatic rings. The Morgan fingerprint density at radius 1 is 1.25 bits per heavy atom. The van der Waals surface area contributed by atoms with Crippen LogP contribution in [0.3, 0.4) is 0 Å². The van der Waals surface area contributed by atoms with Gasteiger partial charge in [-0.05, 0) is 49.5 Å². The number of piperidine rings is 1. The maximum absolute atomic E-state index is 12.2. The lowest BCUT2D eigenvalue weighted by Crippen LogP contribution is -2.31. The second-order valence-corrected chi connectivity index (χ2v) is 8.03. The molecule has 1 aliphatic rings. The predicted molar refractivity (Wildman–Crippen MR) is 102 cm³/mol. The van der Waals surface area contributed by atoms with Crippen LogP contribution in [0.25, 0.3) is 0 Å². The summed E-state index contributed by atoms with van der Waals surface area (Å²) in [6.45, 7) is 3.52. The predicted octanol–water partition coefficient (Wildman–Crippen LogP) is 3.90. The third-order valence-electron chi connectivity index (χ3n) is 4.06. The third-order valence-corrected chi connectivity index (χ3v) is 5.92. The van der Waals surface area contributed by atoms with Gasteiger partial charge >= 0.3 is 0 Å². The number of carbonyl (C=O) groups excluding carboxylic acids is 1. The molecule has 3 heterocycles. The molecule has 3 rings (SSSR count). The first-order valence-electron chi connectivity index (χ1n) is 8.44. The fourth-order valence-electron chi connectivity index (χ4n) is 2.82. The summed E-state index contributed by atoms with van der Waals surface area (Å²) in [5.74, 6) is 1.02. The van der Waals surface area contributed by atoms with Gasteiger partial charge < -0.3 is 10.2 Å². The Morgan fingerprint density at radius 3 is 2.92 bits per heavy atom. The van der Waals surface area contributed by atoms with E-state index in [1.165, 1.54) is 32.4 Å². The number of nitrogens with one attached hydrogen (secondary N) is 1. The number of thioether (sulfide) groups is 1. The average molecular weight is 362 g/mol. The molecule has 1 amide bonds. The summed E-state index contributed by atoms with van der Waals surface area (Å²) in [5, 5.41) is 5.91. The second kappa shape index (κ2) is 9.20. The van der Waals surface area contributed by atoms with Crippen molar-refractivity contribution in [2.24, 2.45) is 0 Å². The molecule has 0 spiro atoms. The number of pyridine rings is 1. The van der Waals surface area contributed by atoms with Gasteiger partial charge in [0.25, 0.3) is 0 Å². The first kappa shape index (κ1) is 17.5. The van der Waals surface area contributed by atoms with Crippen molar-refractivity contribution in [2.75, 3.05) is 30.7 Å². The molecule has 1 saturated heterocycles. The number of hydrogen-bond donors (Lipinski definition) is 1. The lowest BCUT2D eigenvalue weighted by Gasteiger charge is -2.26. The van der Waals surface area contributed by atoms with Crippen molar-refractivity contribution in [3.05, 3.63) is 40.7 Å². The van der Waals surface area contributed by atoms with E-state index >= 15 is 0 Å². The molecule has 6 heteroatoms. The lowest BCUT2D eigenvalue weighted by atomic mass is 10.1. The molecule has 0 saturated carbocycles. The fraction of sp³-hybridized carbons (Fsp3) is 0.444. The van der Waals surface area contributed by atoms with Crippen LogP contribution < -0.4 is 5.32 Å². The quantitative estimate of drug-likeness (QED) is 0.760. The zero-order valence-electron chi connectivity index (χ0n) is 13.7. The van der Waals surface area contributed by atoms with Gasteiger partial charge in [-0.25, -0.2) is 4.98 Å². The van der Waals surface area contributed by atoms with Crippen molar-refractivity contribution < 1.29 is 4.79 Å². The normalized spacial score (nSPS) is 15.3. The van der Waals surface area contributed by atoms with Crippen LogP contribution in [0.1, 0.15) is 24.1 Å². The minimum absolute atomic E-state index is 0.0170. The molecular weight excluding hydrogens is 338 g/mol. The van der Waals surface area contributed by atoms with Gasteiger partial charge in [-0.1, -0.05) is 12.5 Å². The number of amides is 1. The van der Waals surface area contributed by atoms with E-state index in [2.05, 4.69) is 15.2 Å². The average Bonchev–Trinajstić information content (AvgIpc) is 3.10. The molecule has 0 radical (unpaired) electrons. The summed E-state index contributed by atoms with van der Waals surface area (Å²) in [6.07, 6.45) is 6.21. The molecule has 0 aromatic carbocycles. The van der Waals surface area contributed by atoms with E-state index < -0.39 is 0 Å². The minimum Gasteiger partial charge on any atom is -0.323 e. The molecule has 128 valence electrons. The van der Waals surface area contributed by atoms with E-state index in [0.29, 0.717) is 6.42 Å². The Balaban J connectivity index is 1.51. The fourth-order valence-corrected chi connectivity index (χ4v) is 4.48. The third kappa shape index (κ3) is 5.33. The van der Waals surface area contributed by atoms with Crippen molar-refractivity contribution in [2.45, 2.75) is 30.7 Å². The highest BCUT2D eigenvalue weighted by Gasteiger charge is 2.12. The molecule has 1 fully saturated rings. The molecule has 0 aliphatic carbocycles. The van der Waals surface area contributed by atoms with Crippen molar-refractivity contribution in [1.82, 2.24) is 9.88 Å². The zero-order chi connectivity index (χ0) is 16.6. The standard InChI is InChI=1S/C18H23N3OS2/c22-17(14-15-6-5-12-23-15)20-16-7-4-8-19-18(16)24-13-11-21-9-2-1-3-10-21/h4-8,12H,1-3,9-11,13-14H2,(H,20,22). The number of thiophene rings is 1. The summed E-state index contributed by atoms with van der Waals surface area (Å²) < 4.78 is 0. The first-order valence-corrected chi connectivity index (χ1v) is 10.3. The summed E-state index contributed by atoms with van der Waals surface area (Å²) in [4.78, 5) is 20.2. The number of aromatic nitrogens is 1. The molecule has 4 nitrogen and oxygen atoms in total. The molecule has 24 heavy (non-hydrogen) atoms. The maximum atomic E-state index is 12.2. The van der Waals surface area contributed by atoms with Gasteiger partial charge in [-0.2, -0.15) is 0 Å². The topological polar surface area (TPSA) is 45.2 Å². The molecule has 0 atom stereocenters. The highest BCUT2D eigenvalue weighted by molar-refractivity contribution is 7.99. The Bertz CT molecular complexity index is 639. The van der Waals surface area contributed by atoms with E-state index in [9.17, 15) is 4.79 Å². The van der Waals surface area contributed by atoms with Crippen molar-refractivity contribution in [3.8, 4) is 0 Å². The molecule has 1 aliphatic heterocycles. The monoisotopic (exact) mass is 361 g/mol. The van der Waals surface area contributed by atoms with Crippen LogP contribution in [-0.2, 0) is 11.2 Å². The van der Waals surface area contributed by atoms with Crippen LogP contribution in [0.15, 0.2) is 40.9 Å². The van der Waals surface area contributed by atoms with Crippen LogP contribution >= 0.6 is 23.1 Å². The lowest BCUT2D eigenvalue weighted by molar-refractivity contribution is -0.115. The van der Waals surface area contributed by atoms with Crippen LogP contribution in [0, 0.1) is 0 Å². The number of anilines is 1. The maximum Gasteiger partial charge on any atom is 0.229 e. The smallest absolute Gasteiger partial charge is 0.229 e. The van der Waals surface area contributed by atoms with Gasteiger partial charge in [0.1, 0.15) is 5.03 Å². The van der Waals surface area contributed by atoms with E-state index in [1.54, 1.807) is 29.3 Å². The summed E-state index contributed by atoms with van der Waals surface area (Å²) >= 11 is 3.33. The van der Waals surface area contributed by atoms with Gasteiger partial charge in [0.05, 0.1) is 12.1 Å². The number of rotatable bonds is 7. The second-order valence-electron chi connectivity index (χ2n) is 5.91. The summed E-state index contributed by atoms with van der Waals surface area (Å²) in [7, 11) is 0. The first-order chi connectivity index (χ1) is 11.8. The number of nitrogens with zero attached hydrogens (tertiary/aromatic N) is 2. The molecule has 1 N–H and O–H groups in total. The zero-order valence-corrected chi connectivity index (χ0v) is 15.4. The Labute approximate surface area is 151 Å². The largest absolute Gasteiger partial charge is 0.323 e. The molecule has 0 bridgehead atoms. The Morgan fingerprint density at radius 2 is 2.12 bits per heavy atom. The number of carbonyl (C=O) groups is 1. The van der Waals surface area contributed by atoms with Crippen molar-refractivity contribution in [1.29, 1.82) is 0 Å². The van der Waals surface area contributed by atoms with E-state index in [4.69, 9.17) is 0 Å².